The maximum absolute atomic E-state index is 12.0. The second kappa shape index (κ2) is 6.24. The molecule has 1 fully saturated rings. The van der Waals surface area contributed by atoms with E-state index in [-0.39, 0.29) is 18.2 Å². The van der Waals surface area contributed by atoms with E-state index in [1.165, 1.54) is 4.31 Å². The summed E-state index contributed by atoms with van der Waals surface area (Å²) in [5.41, 5.74) is 0. The summed E-state index contributed by atoms with van der Waals surface area (Å²) in [6.45, 7) is 4.24. The Kier molecular flexibility index (Phi) is 5.26. The van der Waals surface area contributed by atoms with Crippen LogP contribution in [0.15, 0.2) is 0 Å². The number of nitrogens with zero attached hydrogens (tertiary/aromatic N) is 1. The normalized spacial score (nSPS) is 21.9. The Morgan fingerprint density at radius 2 is 2.31 bits per heavy atom. The molecule has 1 unspecified atom stereocenters. The monoisotopic (exact) mass is 244 g/mol. The van der Waals surface area contributed by atoms with Crippen LogP contribution in [0.1, 0.15) is 19.8 Å². The summed E-state index contributed by atoms with van der Waals surface area (Å²) in [4.78, 5) is 0. The van der Waals surface area contributed by atoms with Gasteiger partial charge in [-0.1, -0.05) is 12.8 Å². The van der Waals surface area contributed by atoms with Crippen LogP contribution in [0.2, 0.25) is 0 Å². The van der Waals surface area contributed by atoms with Gasteiger partial charge in [-0.25, -0.2) is 8.42 Å². The molecular weight excluding hydrogens is 224 g/mol. The highest BCUT2D eigenvalue weighted by molar-refractivity contribution is 7.89. The number of terminal acetylenes is 1. The van der Waals surface area contributed by atoms with E-state index in [9.17, 15) is 8.42 Å². The molecule has 0 aromatic rings. The highest BCUT2D eigenvalue weighted by Gasteiger charge is 2.25. The minimum atomic E-state index is -3.18. The van der Waals surface area contributed by atoms with Gasteiger partial charge in [-0.05, 0) is 31.8 Å². The molecular formula is C11H20N2O2S. The fourth-order valence-electron chi connectivity index (χ4n) is 1.98. The third-order valence-corrected chi connectivity index (χ3v) is 4.93. The largest absolute Gasteiger partial charge is 0.316 e. The molecule has 0 aromatic carbocycles. The van der Waals surface area contributed by atoms with Crippen molar-refractivity contribution in [1.82, 2.24) is 9.62 Å². The van der Waals surface area contributed by atoms with Gasteiger partial charge < -0.3 is 5.32 Å². The summed E-state index contributed by atoms with van der Waals surface area (Å²) in [5.74, 6) is 2.84. The summed E-state index contributed by atoms with van der Waals surface area (Å²) in [6.07, 6.45) is 7.21. The van der Waals surface area contributed by atoms with Crippen molar-refractivity contribution in [3.63, 3.8) is 0 Å². The molecule has 0 aromatic heterocycles. The lowest BCUT2D eigenvalue weighted by molar-refractivity contribution is 0.390. The van der Waals surface area contributed by atoms with Crippen molar-refractivity contribution in [2.75, 3.05) is 31.9 Å². The number of rotatable bonds is 5. The molecule has 0 bridgehead atoms. The number of hydrogen-bond donors (Lipinski definition) is 1. The number of nitrogens with one attached hydrogen (secondary N) is 1. The maximum atomic E-state index is 12.0. The predicted octanol–water partition coefficient (Wildman–Crippen LogP) is 0.271. The smallest absolute Gasteiger partial charge is 0.215 e. The SMILES string of the molecule is C#CCN(CC)S(=O)(=O)CC1CCCNC1. The van der Waals surface area contributed by atoms with Gasteiger partial charge in [-0.15, -0.1) is 6.42 Å². The van der Waals surface area contributed by atoms with E-state index >= 15 is 0 Å². The van der Waals surface area contributed by atoms with Crippen LogP contribution in [0, 0.1) is 18.3 Å². The maximum Gasteiger partial charge on any atom is 0.215 e. The first-order valence-electron chi connectivity index (χ1n) is 5.72. The van der Waals surface area contributed by atoms with Gasteiger partial charge in [0.05, 0.1) is 12.3 Å². The summed E-state index contributed by atoms with van der Waals surface area (Å²) >= 11 is 0. The first-order valence-corrected chi connectivity index (χ1v) is 7.33. The molecule has 0 spiro atoms. The Hall–Kier alpha value is -0.570. The van der Waals surface area contributed by atoms with E-state index < -0.39 is 10.0 Å². The van der Waals surface area contributed by atoms with Crippen LogP contribution < -0.4 is 5.32 Å². The van der Waals surface area contributed by atoms with Gasteiger partial charge in [-0.3, -0.25) is 0 Å². The Labute approximate surface area is 98.5 Å². The quantitative estimate of drug-likeness (QED) is 0.706. The first-order chi connectivity index (χ1) is 7.60. The van der Waals surface area contributed by atoms with Crippen LogP contribution >= 0.6 is 0 Å². The number of sulfonamides is 1. The van der Waals surface area contributed by atoms with Crippen LogP contribution in [0.25, 0.3) is 0 Å². The third-order valence-electron chi connectivity index (χ3n) is 2.86. The highest BCUT2D eigenvalue weighted by atomic mass is 32.2. The van der Waals surface area contributed by atoms with Gasteiger partial charge in [0.1, 0.15) is 0 Å². The second-order valence-electron chi connectivity index (χ2n) is 4.12. The molecule has 0 aliphatic carbocycles. The first kappa shape index (κ1) is 13.5. The van der Waals surface area contributed by atoms with Crippen LogP contribution in [0.5, 0.6) is 0 Å². The Morgan fingerprint density at radius 3 is 2.81 bits per heavy atom. The van der Waals surface area contributed by atoms with Crippen LogP contribution in [-0.2, 0) is 10.0 Å². The average molecular weight is 244 g/mol. The summed E-state index contributed by atoms with van der Waals surface area (Å²) in [6, 6.07) is 0. The van der Waals surface area contributed by atoms with E-state index in [0.717, 1.165) is 25.9 Å². The van der Waals surface area contributed by atoms with Gasteiger partial charge in [0, 0.05) is 6.54 Å². The summed E-state index contributed by atoms with van der Waals surface area (Å²) in [7, 11) is -3.18. The fraction of sp³-hybridized carbons (Fsp3) is 0.818. The summed E-state index contributed by atoms with van der Waals surface area (Å²) < 4.78 is 25.4. The van der Waals surface area contributed by atoms with E-state index in [0.29, 0.717) is 6.54 Å². The van der Waals surface area contributed by atoms with Crippen molar-refractivity contribution in [1.29, 1.82) is 0 Å². The van der Waals surface area contributed by atoms with E-state index in [4.69, 9.17) is 6.42 Å². The Bertz CT molecular complexity index is 339. The molecule has 1 aliphatic heterocycles. The molecule has 0 radical (unpaired) electrons. The number of piperidine rings is 1. The molecule has 1 atom stereocenters. The zero-order chi connectivity index (χ0) is 12.0. The Morgan fingerprint density at radius 1 is 1.56 bits per heavy atom. The van der Waals surface area contributed by atoms with Crippen molar-refractivity contribution < 1.29 is 8.42 Å². The molecule has 92 valence electrons. The van der Waals surface area contributed by atoms with Crippen molar-refractivity contribution in [2.24, 2.45) is 5.92 Å². The highest BCUT2D eigenvalue weighted by Crippen LogP contribution is 2.14. The van der Waals surface area contributed by atoms with Gasteiger partial charge in [0.2, 0.25) is 10.0 Å². The van der Waals surface area contributed by atoms with Gasteiger partial charge in [-0.2, -0.15) is 4.31 Å². The molecule has 1 N–H and O–H groups in total. The molecule has 0 saturated carbocycles. The predicted molar refractivity (Wildman–Crippen MR) is 65.5 cm³/mol. The standard InChI is InChI=1S/C11H20N2O2S/c1-3-8-13(4-2)16(14,15)10-11-6-5-7-12-9-11/h1,11-12H,4-10H2,2H3. The molecule has 1 heterocycles. The molecule has 1 rings (SSSR count). The van der Waals surface area contributed by atoms with Gasteiger partial charge >= 0.3 is 0 Å². The number of hydrogen-bond acceptors (Lipinski definition) is 3. The third kappa shape index (κ3) is 3.78. The van der Waals surface area contributed by atoms with E-state index in [2.05, 4.69) is 11.2 Å². The molecule has 4 nitrogen and oxygen atoms in total. The van der Waals surface area contributed by atoms with E-state index in [1.807, 2.05) is 6.92 Å². The molecule has 1 saturated heterocycles. The van der Waals surface area contributed by atoms with Gasteiger partial charge in [0.25, 0.3) is 0 Å². The minimum absolute atomic E-state index is 0.180. The average Bonchev–Trinajstić information content (AvgIpc) is 2.26. The lowest BCUT2D eigenvalue weighted by atomic mass is 10.0. The van der Waals surface area contributed by atoms with Crippen LogP contribution in [-0.4, -0.2) is 44.7 Å². The lowest BCUT2D eigenvalue weighted by Gasteiger charge is -2.25. The van der Waals surface area contributed by atoms with Crippen molar-refractivity contribution in [2.45, 2.75) is 19.8 Å². The minimum Gasteiger partial charge on any atom is -0.316 e. The molecule has 5 heteroatoms. The van der Waals surface area contributed by atoms with Crippen molar-refractivity contribution >= 4 is 10.0 Å². The van der Waals surface area contributed by atoms with Crippen LogP contribution in [0.3, 0.4) is 0 Å². The van der Waals surface area contributed by atoms with E-state index in [1.54, 1.807) is 0 Å². The van der Waals surface area contributed by atoms with Gasteiger partial charge in [0.15, 0.2) is 0 Å². The lowest BCUT2D eigenvalue weighted by Crippen LogP contribution is -2.40. The molecule has 16 heavy (non-hydrogen) atoms. The van der Waals surface area contributed by atoms with Crippen LogP contribution in [0.4, 0.5) is 0 Å². The topological polar surface area (TPSA) is 49.4 Å². The molecule has 1 aliphatic rings. The summed E-state index contributed by atoms with van der Waals surface area (Å²) in [5, 5.41) is 3.22. The fourth-order valence-corrected chi connectivity index (χ4v) is 3.73. The Balaban J connectivity index is 2.58. The zero-order valence-electron chi connectivity index (χ0n) is 9.78. The second-order valence-corrected chi connectivity index (χ2v) is 6.13. The van der Waals surface area contributed by atoms with Crippen molar-refractivity contribution in [3.05, 3.63) is 0 Å². The zero-order valence-corrected chi connectivity index (χ0v) is 10.6. The van der Waals surface area contributed by atoms with Crippen molar-refractivity contribution in [3.8, 4) is 12.3 Å². The molecule has 0 amide bonds.